The molecule has 0 unspecified atom stereocenters. The molecule has 4 rings (SSSR count). The van der Waals surface area contributed by atoms with Crippen LogP contribution in [-0.2, 0) is 9.53 Å². The second-order valence-electron chi connectivity index (χ2n) is 8.93. The number of amides is 3. The van der Waals surface area contributed by atoms with Crippen LogP contribution in [-0.4, -0.2) is 105 Å². The molecular weight excluding hydrogens is 520 g/mol. The van der Waals surface area contributed by atoms with Crippen molar-refractivity contribution in [2.45, 2.75) is 36.7 Å². The molecule has 0 aromatic heterocycles. The molecule has 2 aliphatic heterocycles. The van der Waals surface area contributed by atoms with Gasteiger partial charge in [-0.25, -0.2) is 0 Å². The van der Waals surface area contributed by atoms with E-state index in [0.717, 1.165) is 4.90 Å². The zero-order chi connectivity index (χ0) is 27.6. The van der Waals surface area contributed by atoms with E-state index < -0.39 is 59.0 Å². The largest absolute Gasteiger partial charge is 0.394 e. The number of carbonyl (C=O) groups is 3. The van der Waals surface area contributed by atoms with Gasteiger partial charge < -0.3 is 30.7 Å². The summed E-state index contributed by atoms with van der Waals surface area (Å²) in [6.45, 7) is 1.55. The molecule has 5 atom stereocenters. The molecule has 5 N–H and O–H groups in total. The van der Waals surface area contributed by atoms with Gasteiger partial charge in [-0.15, -0.1) is 11.8 Å². The predicted octanol–water partition coefficient (Wildman–Crippen LogP) is -0.389. The number of imide groups is 1. The van der Waals surface area contributed by atoms with E-state index in [2.05, 4.69) is 10.6 Å². The number of thioether (sulfide) groups is 1. The standard InChI is InChI=1S/C24H28N4O9S/c1-12(30)26-19-21(32)20(31)17(11-29)37-24(19)38-10-8-25-7-9-27-22(33)14-4-2-3-13-16(28(35)36)6-5-15(18(13)14)23(27)34/h2-6,17,19-21,24-25,29,31-32H,7-11H2,1H3,(H,26,30)/t17-,19-,20-,21-,24+/m1/s1. The van der Waals surface area contributed by atoms with Gasteiger partial charge >= 0.3 is 0 Å². The number of nitro groups is 1. The molecule has 2 aromatic rings. The maximum Gasteiger partial charge on any atom is 0.277 e. The number of hydrogen-bond acceptors (Lipinski definition) is 11. The summed E-state index contributed by atoms with van der Waals surface area (Å²) in [5.41, 5.74) is -0.431. The number of nitro benzene ring substituents is 1. The van der Waals surface area contributed by atoms with Gasteiger partial charge in [0.15, 0.2) is 0 Å². The van der Waals surface area contributed by atoms with Crippen LogP contribution in [0, 0.1) is 10.1 Å². The van der Waals surface area contributed by atoms with Crippen LogP contribution in [0.1, 0.15) is 27.6 Å². The number of nitrogens with one attached hydrogen (secondary N) is 2. The van der Waals surface area contributed by atoms with Crippen LogP contribution < -0.4 is 10.6 Å². The zero-order valence-corrected chi connectivity index (χ0v) is 21.2. The summed E-state index contributed by atoms with van der Waals surface area (Å²) in [6, 6.07) is 6.37. The molecule has 0 radical (unpaired) electrons. The Morgan fingerprint density at radius 1 is 1.13 bits per heavy atom. The average Bonchev–Trinajstić information content (AvgIpc) is 2.89. The van der Waals surface area contributed by atoms with E-state index in [4.69, 9.17) is 4.74 Å². The number of non-ortho nitro benzene ring substituents is 1. The Labute approximate surface area is 221 Å². The molecule has 2 aromatic carbocycles. The quantitative estimate of drug-likeness (QED) is 0.112. The first-order valence-electron chi connectivity index (χ1n) is 11.9. The topological polar surface area (TPSA) is 192 Å². The van der Waals surface area contributed by atoms with Crippen LogP contribution in [0.4, 0.5) is 5.69 Å². The molecule has 2 heterocycles. The van der Waals surface area contributed by atoms with Crippen molar-refractivity contribution in [1.82, 2.24) is 15.5 Å². The molecule has 1 fully saturated rings. The van der Waals surface area contributed by atoms with Gasteiger partial charge in [-0.2, -0.15) is 0 Å². The number of hydrogen-bond donors (Lipinski definition) is 5. The molecule has 3 amide bonds. The Balaban J connectivity index is 1.33. The molecule has 1 saturated heterocycles. The Morgan fingerprint density at radius 2 is 1.84 bits per heavy atom. The first-order valence-corrected chi connectivity index (χ1v) is 13.0. The highest BCUT2D eigenvalue weighted by Crippen LogP contribution is 2.35. The minimum Gasteiger partial charge on any atom is -0.394 e. The minimum atomic E-state index is -1.35. The van der Waals surface area contributed by atoms with E-state index in [1.807, 2.05) is 0 Å². The van der Waals surface area contributed by atoms with Crippen molar-refractivity contribution in [3.63, 3.8) is 0 Å². The van der Waals surface area contributed by atoms with Gasteiger partial charge in [-0.1, -0.05) is 6.07 Å². The lowest BCUT2D eigenvalue weighted by Gasteiger charge is -2.42. The molecular formula is C24H28N4O9S. The Hall–Kier alpha value is -3.14. The third-order valence-corrected chi connectivity index (χ3v) is 7.66. The lowest BCUT2D eigenvalue weighted by Crippen LogP contribution is -2.63. The molecule has 2 aliphatic rings. The minimum absolute atomic E-state index is 0.0705. The van der Waals surface area contributed by atoms with Gasteiger partial charge in [0.25, 0.3) is 17.5 Å². The van der Waals surface area contributed by atoms with E-state index in [-0.39, 0.29) is 40.7 Å². The predicted molar refractivity (Wildman–Crippen MR) is 137 cm³/mol. The number of rotatable bonds is 10. The highest BCUT2D eigenvalue weighted by Gasteiger charge is 2.44. The van der Waals surface area contributed by atoms with Crippen LogP contribution in [0.5, 0.6) is 0 Å². The molecule has 0 aliphatic carbocycles. The van der Waals surface area contributed by atoms with Crippen LogP contribution in [0.15, 0.2) is 30.3 Å². The molecule has 14 heteroatoms. The van der Waals surface area contributed by atoms with Gasteiger partial charge in [0.1, 0.15) is 23.7 Å². The first kappa shape index (κ1) is 27.9. The fraction of sp³-hybridized carbons (Fsp3) is 0.458. The highest BCUT2D eigenvalue weighted by atomic mass is 32.2. The van der Waals surface area contributed by atoms with Gasteiger partial charge in [-0.05, 0) is 18.2 Å². The third kappa shape index (κ3) is 5.36. The molecule has 38 heavy (non-hydrogen) atoms. The molecule has 204 valence electrons. The lowest BCUT2D eigenvalue weighted by molar-refractivity contribution is -0.383. The number of benzene rings is 2. The summed E-state index contributed by atoms with van der Waals surface area (Å²) >= 11 is 1.27. The second kappa shape index (κ2) is 11.7. The molecule has 0 spiro atoms. The van der Waals surface area contributed by atoms with Crippen LogP contribution >= 0.6 is 11.8 Å². The molecule has 0 saturated carbocycles. The summed E-state index contributed by atoms with van der Waals surface area (Å²) < 4.78 is 5.67. The van der Waals surface area contributed by atoms with Crippen molar-refractivity contribution >= 4 is 45.9 Å². The number of carbonyl (C=O) groups excluding carboxylic acids is 3. The maximum absolute atomic E-state index is 13.0. The smallest absolute Gasteiger partial charge is 0.277 e. The van der Waals surface area contributed by atoms with E-state index >= 15 is 0 Å². The van der Waals surface area contributed by atoms with Crippen molar-refractivity contribution in [3.8, 4) is 0 Å². The fourth-order valence-corrected chi connectivity index (χ4v) is 5.82. The summed E-state index contributed by atoms with van der Waals surface area (Å²) in [4.78, 5) is 49.6. The van der Waals surface area contributed by atoms with E-state index in [0.29, 0.717) is 12.3 Å². The van der Waals surface area contributed by atoms with Gasteiger partial charge in [-0.3, -0.25) is 29.4 Å². The van der Waals surface area contributed by atoms with Gasteiger partial charge in [0, 0.05) is 54.9 Å². The maximum atomic E-state index is 13.0. The molecule has 0 bridgehead atoms. The van der Waals surface area contributed by atoms with Crippen molar-refractivity contribution in [1.29, 1.82) is 0 Å². The summed E-state index contributed by atoms with van der Waals surface area (Å²) in [5.74, 6) is -1.00. The van der Waals surface area contributed by atoms with Gasteiger partial charge in [0.2, 0.25) is 5.91 Å². The average molecular weight is 549 g/mol. The number of aliphatic hydroxyl groups excluding tert-OH is 3. The SMILES string of the molecule is CC(=O)N[C@@H]1[C@@H](O)[C@H](O)[C@@H](CO)O[C@H]1SCCNCCN1C(=O)c2cccc3c([N+](=O)[O-])ccc(c23)C1=O. The number of aliphatic hydroxyl groups is 3. The zero-order valence-electron chi connectivity index (χ0n) is 20.4. The number of nitrogens with zero attached hydrogens (tertiary/aromatic N) is 2. The summed E-state index contributed by atoms with van der Waals surface area (Å²) in [6.07, 6.45) is -3.67. The van der Waals surface area contributed by atoms with E-state index in [1.54, 1.807) is 12.1 Å². The van der Waals surface area contributed by atoms with E-state index in [9.17, 15) is 39.8 Å². The lowest BCUT2D eigenvalue weighted by atomic mass is 9.93. The first-order chi connectivity index (χ1) is 18.1. The number of ether oxygens (including phenoxy) is 1. The van der Waals surface area contributed by atoms with Crippen molar-refractivity contribution < 1.29 is 39.4 Å². The fourth-order valence-electron chi connectivity index (χ4n) is 4.67. The van der Waals surface area contributed by atoms with Crippen LogP contribution in [0.2, 0.25) is 0 Å². The third-order valence-electron chi connectivity index (χ3n) is 6.49. The monoisotopic (exact) mass is 548 g/mol. The van der Waals surface area contributed by atoms with Gasteiger partial charge in [0.05, 0.1) is 23.0 Å². The molecule has 13 nitrogen and oxygen atoms in total. The second-order valence-corrected chi connectivity index (χ2v) is 10.1. The van der Waals surface area contributed by atoms with Crippen molar-refractivity contribution in [3.05, 3.63) is 51.6 Å². The van der Waals surface area contributed by atoms with E-state index in [1.165, 1.54) is 36.9 Å². The van der Waals surface area contributed by atoms with Crippen molar-refractivity contribution in [2.75, 3.05) is 32.0 Å². The summed E-state index contributed by atoms with van der Waals surface area (Å²) in [5, 5.41) is 47.5. The Kier molecular flexibility index (Phi) is 8.60. The summed E-state index contributed by atoms with van der Waals surface area (Å²) in [7, 11) is 0. The Bertz CT molecular complexity index is 1240. The van der Waals surface area contributed by atoms with Crippen LogP contribution in [0.3, 0.4) is 0 Å². The van der Waals surface area contributed by atoms with Crippen LogP contribution in [0.25, 0.3) is 10.8 Å². The normalized spacial score (nSPS) is 25.1. The Morgan fingerprint density at radius 3 is 2.50 bits per heavy atom. The van der Waals surface area contributed by atoms with Crippen molar-refractivity contribution in [2.24, 2.45) is 0 Å². The highest BCUT2D eigenvalue weighted by molar-refractivity contribution is 7.99.